The van der Waals surface area contributed by atoms with Crippen molar-refractivity contribution in [3.8, 4) is 0 Å². The van der Waals surface area contributed by atoms with Gasteiger partial charge in [-0.3, -0.25) is 14.3 Å². The Hall–Kier alpha value is -2.37. The number of aryl methyl sites for hydroxylation is 2. The first-order valence-corrected chi connectivity index (χ1v) is 7.94. The third-order valence-electron chi connectivity index (χ3n) is 4.57. The quantitative estimate of drug-likeness (QED) is 0.847. The highest BCUT2D eigenvalue weighted by atomic mass is 16.2. The van der Waals surface area contributed by atoms with Gasteiger partial charge in [0.25, 0.3) is 11.5 Å². The fourth-order valence-corrected chi connectivity index (χ4v) is 3.05. The molecule has 6 heteroatoms. The molecule has 0 aliphatic carbocycles. The molecule has 0 aromatic carbocycles. The molecule has 1 aliphatic rings. The minimum absolute atomic E-state index is 0.177. The van der Waals surface area contributed by atoms with Crippen molar-refractivity contribution in [3.05, 3.63) is 51.7 Å². The number of hydrogen-bond donors (Lipinski definition) is 0. The highest BCUT2D eigenvalue weighted by molar-refractivity contribution is 5.94. The molecule has 0 bridgehead atoms. The van der Waals surface area contributed by atoms with Crippen molar-refractivity contribution in [2.75, 3.05) is 13.1 Å². The number of carbonyl (C=O) groups is 1. The Morgan fingerprint density at radius 3 is 2.78 bits per heavy atom. The predicted molar refractivity (Wildman–Crippen MR) is 87.6 cm³/mol. The molecule has 1 fully saturated rings. The molecule has 1 unspecified atom stereocenters. The Balaban J connectivity index is 1.83. The number of carbonyl (C=O) groups excluding carboxylic acids is 1. The van der Waals surface area contributed by atoms with Crippen molar-refractivity contribution < 1.29 is 4.79 Å². The number of likely N-dealkylation sites (tertiary alicyclic amines) is 1. The molecule has 1 atom stereocenters. The van der Waals surface area contributed by atoms with E-state index in [1.807, 2.05) is 37.0 Å². The van der Waals surface area contributed by atoms with Crippen LogP contribution in [0.3, 0.4) is 0 Å². The number of piperidine rings is 1. The largest absolute Gasteiger partial charge is 0.336 e. The Bertz CT molecular complexity index is 790. The fourth-order valence-electron chi connectivity index (χ4n) is 3.05. The third-order valence-corrected chi connectivity index (χ3v) is 4.57. The summed E-state index contributed by atoms with van der Waals surface area (Å²) in [7, 11) is 1.69. The van der Waals surface area contributed by atoms with Crippen molar-refractivity contribution in [1.29, 1.82) is 0 Å². The second kappa shape index (κ2) is 6.02. The Morgan fingerprint density at radius 2 is 2.09 bits per heavy atom. The van der Waals surface area contributed by atoms with Gasteiger partial charge in [-0.1, -0.05) is 0 Å². The fraction of sp³-hybridized carbons (Fsp3) is 0.471. The molecular formula is C17H22N4O2. The highest BCUT2D eigenvalue weighted by Crippen LogP contribution is 2.22. The first-order chi connectivity index (χ1) is 11.0. The van der Waals surface area contributed by atoms with Gasteiger partial charge in [0.2, 0.25) is 0 Å². The molecule has 122 valence electrons. The van der Waals surface area contributed by atoms with Crippen LogP contribution in [0.1, 0.15) is 40.5 Å². The van der Waals surface area contributed by atoms with Crippen LogP contribution in [0.25, 0.3) is 0 Å². The van der Waals surface area contributed by atoms with Crippen LogP contribution < -0.4 is 5.56 Å². The summed E-state index contributed by atoms with van der Waals surface area (Å²) in [6.07, 6.45) is 5.75. The van der Waals surface area contributed by atoms with Gasteiger partial charge in [-0.2, -0.15) is 5.10 Å². The van der Waals surface area contributed by atoms with E-state index in [-0.39, 0.29) is 23.1 Å². The van der Waals surface area contributed by atoms with Crippen LogP contribution >= 0.6 is 0 Å². The van der Waals surface area contributed by atoms with Gasteiger partial charge in [0, 0.05) is 32.0 Å². The molecule has 0 N–H and O–H groups in total. The van der Waals surface area contributed by atoms with Crippen molar-refractivity contribution in [3.63, 3.8) is 0 Å². The maximum absolute atomic E-state index is 12.7. The van der Waals surface area contributed by atoms with Crippen molar-refractivity contribution in [2.45, 2.75) is 32.7 Å². The summed E-state index contributed by atoms with van der Waals surface area (Å²) in [5, 5.41) is 4.36. The molecule has 1 amide bonds. The van der Waals surface area contributed by atoms with Crippen LogP contribution in [0.2, 0.25) is 0 Å². The molecule has 0 saturated carbocycles. The molecule has 2 aromatic rings. The van der Waals surface area contributed by atoms with Crippen LogP contribution in [0, 0.1) is 13.8 Å². The average molecular weight is 314 g/mol. The molecule has 0 radical (unpaired) electrons. The molecule has 3 heterocycles. The van der Waals surface area contributed by atoms with E-state index < -0.39 is 0 Å². The summed E-state index contributed by atoms with van der Waals surface area (Å²) in [4.78, 5) is 26.9. The van der Waals surface area contributed by atoms with E-state index in [0.29, 0.717) is 13.1 Å². The van der Waals surface area contributed by atoms with E-state index in [9.17, 15) is 9.59 Å². The molecule has 1 aliphatic heterocycles. The van der Waals surface area contributed by atoms with Gasteiger partial charge in [0.1, 0.15) is 5.56 Å². The minimum Gasteiger partial charge on any atom is -0.336 e. The molecule has 0 spiro atoms. The predicted octanol–water partition coefficient (Wildman–Crippen LogP) is 1.68. The molecule has 3 rings (SSSR count). The molecule has 23 heavy (non-hydrogen) atoms. The van der Waals surface area contributed by atoms with E-state index in [0.717, 1.165) is 24.1 Å². The lowest BCUT2D eigenvalue weighted by Gasteiger charge is -2.32. The van der Waals surface area contributed by atoms with Crippen LogP contribution in [0.5, 0.6) is 0 Å². The van der Waals surface area contributed by atoms with Crippen LogP contribution in [-0.2, 0) is 7.05 Å². The minimum atomic E-state index is -0.230. The zero-order valence-corrected chi connectivity index (χ0v) is 13.8. The van der Waals surface area contributed by atoms with Crippen LogP contribution in [0.15, 0.2) is 29.3 Å². The van der Waals surface area contributed by atoms with Crippen LogP contribution in [-0.4, -0.2) is 38.2 Å². The molecule has 2 aromatic heterocycles. The zero-order valence-electron chi connectivity index (χ0n) is 13.8. The second-order valence-electron chi connectivity index (χ2n) is 6.30. The lowest BCUT2D eigenvalue weighted by atomic mass is 10.0. The van der Waals surface area contributed by atoms with Gasteiger partial charge < -0.3 is 9.47 Å². The summed E-state index contributed by atoms with van der Waals surface area (Å²) < 4.78 is 3.45. The maximum Gasteiger partial charge on any atom is 0.263 e. The maximum atomic E-state index is 12.7. The molecular weight excluding hydrogens is 292 g/mol. The number of pyridine rings is 1. The smallest absolute Gasteiger partial charge is 0.263 e. The molecule has 6 nitrogen and oxygen atoms in total. The SMILES string of the molecule is Cc1cnn(C2CCCN(C(=O)c3ccc(C)n(C)c3=O)C2)c1. The van der Waals surface area contributed by atoms with E-state index in [2.05, 4.69) is 5.10 Å². The number of hydrogen-bond acceptors (Lipinski definition) is 3. The Morgan fingerprint density at radius 1 is 1.30 bits per heavy atom. The number of aromatic nitrogens is 3. The van der Waals surface area contributed by atoms with Gasteiger partial charge in [0.15, 0.2) is 0 Å². The van der Waals surface area contributed by atoms with E-state index in [1.54, 1.807) is 18.0 Å². The van der Waals surface area contributed by atoms with Crippen LogP contribution in [0.4, 0.5) is 0 Å². The summed E-state index contributed by atoms with van der Waals surface area (Å²) >= 11 is 0. The monoisotopic (exact) mass is 314 g/mol. The Labute approximate surface area is 135 Å². The number of rotatable bonds is 2. The summed E-state index contributed by atoms with van der Waals surface area (Å²) in [6.45, 7) is 5.14. The zero-order chi connectivity index (χ0) is 16.6. The topological polar surface area (TPSA) is 60.1 Å². The van der Waals surface area contributed by atoms with Crippen molar-refractivity contribution in [2.24, 2.45) is 7.05 Å². The molecule has 1 saturated heterocycles. The van der Waals surface area contributed by atoms with Gasteiger partial charge in [-0.05, 0) is 44.4 Å². The van der Waals surface area contributed by atoms with E-state index >= 15 is 0 Å². The Kier molecular flexibility index (Phi) is 4.07. The summed E-state index contributed by atoms with van der Waals surface area (Å²) in [5.41, 5.74) is 1.97. The van der Waals surface area contributed by atoms with Gasteiger partial charge in [-0.15, -0.1) is 0 Å². The summed E-state index contributed by atoms with van der Waals surface area (Å²) in [5.74, 6) is -0.181. The van der Waals surface area contributed by atoms with Gasteiger partial charge >= 0.3 is 0 Å². The number of amides is 1. The van der Waals surface area contributed by atoms with Gasteiger partial charge in [-0.25, -0.2) is 0 Å². The first kappa shape index (κ1) is 15.5. The second-order valence-corrected chi connectivity index (χ2v) is 6.30. The average Bonchev–Trinajstić information content (AvgIpc) is 2.99. The lowest BCUT2D eigenvalue weighted by molar-refractivity contribution is 0.0670. The van der Waals surface area contributed by atoms with E-state index in [4.69, 9.17) is 0 Å². The standard InChI is InChI=1S/C17H22N4O2/c1-12-9-18-21(10-12)14-5-4-8-20(11-14)17(23)15-7-6-13(2)19(3)16(15)22/h6-7,9-10,14H,4-5,8,11H2,1-3H3. The normalized spacial score (nSPS) is 18.2. The first-order valence-electron chi connectivity index (χ1n) is 7.94. The third kappa shape index (κ3) is 2.93. The summed E-state index contributed by atoms with van der Waals surface area (Å²) in [6, 6.07) is 3.63. The van der Waals surface area contributed by atoms with Gasteiger partial charge in [0.05, 0.1) is 12.2 Å². The number of nitrogens with zero attached hydrogens (tertiary/aromatic N) is 4. The van der Waals surface area contributed by atoms with Crippen molar-refractivity contribution in [1.82, 2.24) is 19.2 Å². The lowest BCUT2D eigenvalue weighted by Crippen LogP contribution is -2.43. The van der Waals surface area contributed by atoms with Crippen molar-refractivity contribution >= 4 is 5.91 Å². The highest BCUT2D eigenvalue weighted by Gasteiger charge is 2.27. The van der Waals surface area contributed by atoms with E-state index in [1.165, 1.54) is 4.57 Å².